The highest BCUT2D eigenvalue weighted by Crippen LogP contribution is 2.39. The molecular formula is C13H17N5O. The van der Waals surface area contributed by atoms with Gasteiger partial charge in [-0.15, -0.1) is 0 Å². The molecule has 0 aliphatic heterocycles. The van der Waals surface area contributed by atoms with Crippen LogP contribution in [0.25, 0.3) is 0 Å². The number of aromatic nitrogens is 4. The van der Waals surface area contributed by atoms with Gasteiger partial charge in [-0.2, -0.15) is 10.2 Å². The molecule has 100 valence electrons. The van der Waals surface area contributed by atoms with Crippen molar-refractivity contribution in [3.8, 4) is 0 Å². The fourth-order valence-electron chi connectivity index (χ4n) is 2.15. The number of aryl methyl sites for hydroxylation is 2. The summed E-state index contributed by atoms with van der Waals surface area (Å²) in [6, 6.07) is 3.70. The van der Waals surface area contributed by atoms with Crippen molar-refractivity contribution in [2.75, 3.05) is 5.32 Å². The second kappa shape index (κ2) is 4.53. The zero-order chi connectivity index (χ0) is 13.4. The summed E-state index contributed by atoms with van der Waals surface area (Å²) in [4.78, 5) is 12.2. The molecule has 2 heterocycles. The number of carbonyl (C=O) groups is 1. The Hall–Kier alpha value is -2.11. The lowest BCUT2D eigenvalue weighted by molar-refractivity contribution is 0.101. The summed E-state index contributed by atoms with van der Waals surface area (Å²) >= 11 is 0. The first-order valence-corrected chi connectivity index (χ1v) is 6.58. The lowest BCUT2D eigenvalue weighted by Crippen LogP contribution is -2.17. The molecule has 2 aromatic heterocycles. The van der Waals surface area contributed by atoms with Crippen molar-refractivity contribution in [3.05, 3.63) is 29.2 Å². The molecule has 1 amide bonds. The number of hydrogen-bond acceptors (Lipinski definition) is 3. The minimum atomic E-state index is -0.170. The summed E-state index contributed by atoms with van der Waals surface area (Å²) in [7, 11) is 0. The standard InChI is InChI=1S/C13H17N5O/c1-3-18-11(6-8(2)17-18)13(19)14-12-7-10(15-16-12)9-4-5-9/h6-7,9H,3-5H2,1-2H3,(H2,14,15,16,19). The van der Waals surface area contributed by atoms with E-state index in [1.165, 1.54) is 12.8 Å². The normalized spacial score (nSPS) is 14.6. The molecular weight excluding hydrogens is 242 g/mol. The first kappa shape index (κ1) is 12.0. The average Bonchev–Trinajstić information content (AvgIpc) is 3.02. The van der Waals surface area contributed by atoms with Crippen LogP contribution in [0.5, 0.6) is 0 Å². The maximum atomic E-state index is 12.2. The Bertz CT molecular complexity index is 608. The van der Waals surface area contributed by atoms with E-state index in [9.17, 15) is 4.79 Å². The molecule has 0 spiro atoms. The molecule has 6 nitrogen and oxygen atoms in total. The van der Waals surface area contributed by atoms with Gasteiger partial charge in [-0.25, -0.2) is 0 Å². The van der Waals surface area contributed by atoms with E-state index in [2.05, 4.69) is 20.6 Å². The Morgan fingerprint density at radius 1 is 1.53 bits per heavy atom. The van der Waals surface area contributed by atoms with Crippen LogP contribution in [0.2, 0.25) is 0 Å². The minimum absolute atomic E-state index is 0.170. The third-order valence-corrected chi connectivity index (χ3v) is 3.29. The predicted octanol–water partition coefficient (Wildman–Crippen LogP) is 2.06. The molecule has 6 heteroatoms. The third kappa shape index (κ3) is 2.38. The van der Waals surface area contributed by atoms with Crippen LogP contribution in [0.3, 0.4) is 0 Å². The predicted molar refractivity (Wildman–Crippen MR) is 71.2 cm³/mol. The molecule has 2 aromatic rings. The summed E-state index contributed by atoms with van der Waals surface area (Å²) in [5, 5.41) is 14.2. The molecule has 0 aromatic carbocycles. The Labute approximate surface area is 111 Å². The number of rotatable bonds is 4. The lowest BCUT2D eigenvalue weighted by atomic mass is 10.3. The Morgan fingerprint density at radius 3 is 3.00 bits per heavy atom. The van der Waals surface area contributed by atoms with Gasteiger partial charge in [-0.1, -0.05) is 0 Å². The molecule has 1 fully saturated rings. The van der Waals surface area contributed by atoms with Crippen molar-refractivity contribution in [1.29, 1.82) is 0 Å². The Morgan fingerprint density at radius 2 is 2.32 bits per heavy atom. The maximum Gasteiger partial charge on any atom is 0.275 e. The van der Waals surface area contributed by atoms with Crippen molar-refractivity contribution >= 4 is 11.7 Å². The molecule has 1 saturated carbocycles. The molecule has 19 heavy (non-hydrogen) atoms. The SMILES string of the molecule is CCn1nc(C)cc1C(=O)Nc1cc(C2CC2)[nH]n1. The number of H-pyrrole nitrogens is 1. The maximum absolute atomic E-state index is 12.2. The fraction of sp³-hybridized carbons (Fsp3) is 0.462. The number of hydrogen-bond donors (Lipinski definition) is 2. The third-order valence-electron chi connectivity index (χ3n) is 3.29. The van der Waals surface area contributed by atoms with E-state index in [0.717, 1.165) is 11.4 Å². The summed E-state index contributed by atoms with van der Waals surface area (Å²) in [5.41, 5.74) is 2.51. The fourth-order valence-corrected chi connectivity index (χ4v) is 2.15. The van der Waals surface area contributed by atoms with Gasteiger partial charge in [-0.05, 0) is 32.8 Å². The van der Waals surface area contributed by atoms with Gasteiger partial charge in [0.2, 0.25) is 0 Å². The van der Waals surface area contributed by atoms with Gasteiger partial charge in [0, 0.05) is 24.2 Å². The molecule has 0 saturated heterocycles. The van der Waals surface area contributed by atoms with E-state index in [4.69, 9.17) is 0 Å². The first-order valence-electron chi connectivity index (χ1n) is 6.58. The van der Waals surface area contributed by atoms with Gasteiger partial charge in [0.05, 0.1) is 5.69 Å². The second-order valence-electron chi connectivity index (χ2n) is 4.92. The summed E-state index contributed by atoms with van der Waals surface area (Å²) in [5.74, 6) is 1.01. The highest BCUT2D eigenvalue weighted by Gasteiger charge is 2.26. The van der Waals surface area contributed by atoms with Crippen molar-refractivity contribution in [1.82, 2.24) is 20.0 Å². The van der Waals surface area contributed by atoms with Crippen molar-refractivity contribution < 1.29 is 4.79 Å². The summed E-state index contributed by atoms with van der Waals surface area (Å²) in [6.45, 7) is 4.51. The number of aromatic amines is 1. The van der Waals surface area contributed by atoms with Gasteiger partial charge in [-0.3, -0.25) is 14.6 Å². The lowest BCUT2D eigenvalue weighted by Gasteiger charge is -2.03. The van der Waals surface area contributed by atoms with Crippen LogP contribution >= 0.6 is 0 Å². The van der Waals surface area contributed by atoms with Gasteiger partial charge in [0.1, 0.15) is 5.69 Å². The van der Waals surface area contributed by atoms with E-state index < -0.39 is 0 Å². The van der Waals surface area contributed by atoms with Crippen LogP contribution in [0.15, 0.2) is 12.1 Å². The van der Waals surface area contributed by atoms with Crippen LogP contribution in [0.1, 0.15) is 47.6 Å². The van der Waals surface area contributed by atoms with Gasteiger partial charge in [0.25, 0.3) is 5.91 Å². The largest absolute Gasteiger partial charge is 0.304 e. The van der Waals surface area contributed by atoms with E-state index >= 15 is 0 Å². The van der Waals surface area contributed by atoms with Crippen LogP contribution in [0.4, 0.5) is 5.82 Å². The van der Waals surface area contributed by atoms with E-state index in [1.807, 2.05) is 19.9 Å². The quantitative estimate of drug-likeness (QED) is 0.882. The topological polar surface area (TPSA) is 75.6 Å². The highest BCUT2D eigenvalue weighted by molar-refractivity contribution is 6.02. The monoisotopic (exact) mass is 259 g/mol. The number of amides is 1. The van der Waals surface area contributed by atoms with Gasteiger partial charge < -0.3 is 5.32 Å². The average molecular weight is 259 g/mol. The highest BCUT2D eigenvalue weighted by atomic mass is 16.2. The zero-order valence-corrected chi connectivity index (χ0v) is 11.1. The van der Waals surface area contributed by atoms with E-state index in [0.29, 0.717) is 24.0 Å². The zero-order valence-electron chi connectivity index (χ0n) is 11.1. The van der Waals surface area contributed by atoms with Crippen molar-refractivity contribution in [2.45, 2.75) is 39.2 Å². The van der Waals surface area contributed by atoms with Gasteiger partial charge in [0.15, 0.2) is 5.82 Å². The van der Waals surface area contributed by atoms with Crippen molar-refractivity contribution in [3.63, 3.8) is 0 Å². The molecule has 0 unspecified atom stereocenters. The molecule has 0 atom stereocenters. The molecule has 0 radical (unpaired) electrons. The number of carbonyl (C=O) groups excluding carboxylic acids is 1. The minimum Gasteiger partial charge on any atom is -0.304 e. The Balaban J connectivity index is 1.75. The summed E-state index contributed by atoms with van der Waals surface area (Å²) < 4.78 is 1.69. The molecule has 0 bridgehead atoms. The van der Waals surface area contributed by atoms with Gasteiger partial charge >= 0.3 is 0 Å². The molecule has 2 N–H and O–H groups in total. The Kier molecular flexibility index (Phi) is 2.85. The number of anilines is 1. The van der Waals surface area contributed by atoms with Crippen LogP contribution in [0, 0.1) is 6.92 Å². The number of nitrogens with one attached hydrogen (secondary N) is 2. The molecule has 1 aliphatic carbocycles. The second-order valence-corrected chi connectivity index (χ2v) is 4.92. The smallest absolute Gasteiger partial charge is 0.275 e. The van der Waals surface area contributed by atoms with Crippen LogP contribution in [-0.4, -0.2) is 25.9 Å². The van der Waals surface area contributed by atoms with E-state index in [1.54, 1.807) is 10.7 Å². The van der Waals surface area contributed by atoms with Crippen LogP contribution < -0.4 is 5.32 Å². The van der Waals surface area contributed by atoms with E-state index in [-0.39, 0.29) is 5.91 Å². The molecule has 3 rings (SSSR count). The van der Waals surface area contributed by atoms with Crippen LogP contribution in [-0.2, 0) is 6.54 Å². The first-order chi connectivity index (χ1) is 9.17. The molecule has 1 aliphatic rings. The number of nitrogens with zero attached hydrogens (tertiary/aromatic N) is 3. The summed E-state index contributed by atoms with van der Waals surface area (Å²) in [6.07, 6.45) is 2.41. The van der Waals surface area contributed by atoms with Crippen molar-refractivity contribution in [2.24, 2.45) is 0 Å².